The lowest BCUT2D eigenvalue weighted by Gasteiger charge is -2.18. The number of halogens is 2. The van der Waals surface area contributed by atoms with Crippen molar-refractivity contribution >= 4 is 51.2 Å². The minimum atomic E-state index is -1.08. The smallest absolute Gasteiger partial charge is 0.306 e. The van der Waals surface area contributed by atoms with Crippen LogP contribution in [0.5, 0.6) is 11.8 Å². The number of nitrogens with one attached hydrogen (secondary N) is 3. The third kappa shape index (κ3) is 10.5. The Labute approximate surface area is 318 Å². The molecule has 53 heavy (non-hydrogen) atoms. The third-order valence-corrected chi connectivity index (χ3v) is 9.45. The van der Waals surface area contributed by atoms with Gasteiger partial charge in [-0.25, -0.2) is 4.98 Å². The van der Waals surface area contributed by atoms with E-state index in [9.17, 15) is 24.6 Å². The van der Waals surface area contributed by atoms with Crippen molar-refractivity contribution in [2.75, 3.05) is 25.5 Å². The van der Waals surface area contributed by atoms with E-state index >= 15 is 0 Å². The average molecular weight is 813 g/mol. The summed E-state index contributed by atoms with van der Waals surface area (Å²) in [4.78, 5) is 43.8. The highest BCUT2D eigenvalue weighted by molar-refractivity contribution is 9.10. The maximum Gasteiger partial charge on any atom is 0.306 e. The van der Waals surface area contributed by atoms with Crippen LogP contribution in [0.15, 0.2) is 65.3 Å². The van der Waals surface area contributed by atoms with Crippen LogP contribution in [-0.2, 0) is 29.1 Å². The van der Waals surface area contributed by atoms with Crippen molar-refractivity contribution in [3.8, 4) is 22.9 Å². The Morgan fingerprint density at radius 2 is 1.62 bits per heavy atom. The Morgan fingerprint density at radius 3 is 2.28 bits per heavy atom. The topological polar surface area (TPSA) is 212 Å². The van der Waals surface area contributed by atoms with E-state index in [-0.39, 0.29) is 49.2 Å². The first-order valence-electron chi connectivity index (χ1n) is 16.7. The number of nitrogens with zero attached hydrogens (tertiary/aromatic N) is 2. The summed E-state index contributed by atoms with van der Waals surface area (Å²) in [6.07, 6.45) is -0.123. The number of hydrogen-bond donors (Lipinski definition) is 7. The Balaban J connectivity index is 1.25. The summed E-state index contributed by atoms with van der Waals surface area (Å²) >= 11 is 10.5. The number of carbonyl (C=O) groups excluding carboxylic acids is 1. The van der Waals surface area contributed by atoms with Crippen molar-refractivity contribution in [1.82, 2.24) is 20.6 Å². The zero-order valence-corrected chi connectivity index (χ0v) is 31.0. The number of ether oxygens (including phenoxy) is 2. The minimum absolute atomic E-state index is 0.0850. The molecule has 4 aromatic rings. The second-order valence-corrected chi connectivity index (χ2v) is 13.6. The van der Waals surface area contributed by atoms with Crippen molar-refractivity contribution < 1.29 is 44.3 Å². The second kappa shape index (κ2) is 18.4. The molecule has 14 nitrogen and oxygen atoms in total. The van der Waals surface area contributed by atoms with Crippen LogP contribution < -0.4 is 25.4 Å². The lowest BCUT2D eigenvalue weighted by molar-refractivity contribution is -0.140. The van der Waals surface area contributed by atoms with Gasteiger partial charge in [-0.3, -0.25) is 14.4 Å². The molecule has 0 spiro atoms. The molecule has 7 N–H and O–H groups in total. The maximum absolute atomic E-state index is 13.4. The molecule has 3 atom stereocenters. The minimum Gasteiger partial charge on any atom is -0.481 e. The molecule has 1 aliphatic carbocycles. The number of carboxylic acid groups (broad SMARTS) is 2. The van der Waals surface area contributed by atoms with E-state index in [0.29, 0.717) is 52.6 Å². The predicted molar refractivity (Wildman–Crippen MR) is 199 cm³/mol. The normalized spacial score (nSPS) is 14.6. The van der Waals surface area contributed by atoms with Gasteiger partial charge in [0.1, 0.15) is 11.9 Å². The van der Waals surface area contributed by atoms with E-state index in [0.717, 1.165) is 22.3 Å². The van der Waals surface area contributed by atoms with E-state index in [2.05, 4.69) is 41.8 Å². The molecule has 16 heteroatoms. The summed E-state index contributed by atoms with van der Waals surface area (Å²) in [5.41, 5.74) is 5.34. The molecule has 2 aromatic heterocycles. The molecule has 0 radical (unpaired) electrons. The number of aromatic nitrogens is 2. The number of aliphatic carboxylic acids is 2. The molecule has 2 aromatic carbocycles. The fraction of sp³-hybridized carbons (Fsp3) is 0.324. The largest absolute Gasteiger partial charge is 0.481 e. The molecule has 280 valence electrons. The molecule has 1 amide bonds. The van der Waals surface area contributed by atoms with Gasteiger partial charge >= 0.3 is 11.9 Å². The first kappa shape index (κ1) is 39.6. The van der Waals surface area contributed by atoms with Crippen LogP contribution in [-0.4, -0.2) is 80.6 Å². The van der Waals surface area contributed by atoms with E-state index in [4.69, 9.17) is 31.3 Å². The molecule has 0 bridgehead atoms. The van der Waals surface area contributed by atoms with Gasteiger partial charge in [-0.2, -0.15) is 4.98 Å². The number of carboxylic acids is 2. The van der Waals surface area contributed by atoms with E-state index < -0.39 is 30.1 Å². The van der Waals surface area contributed by atoms with Gasteiger partial charge in [0.2, 0.25) is 11.8 Å². The molecule has 0 saturated heterocycles. The SMILES string of the molecule is COc1nc(O[C@H]2CCc3c(-c4cccc(C(=O)Nc5ccc(CNCC(O)CC(=O)O)cn5)c4Cl)cccc32)c(Br)cc1CNCC(O)CC(=O)O. The number of anilines is 1. The van der Waals surface area contributed by atoms with Gasteiger partial charge in [0.15, 0.2) is 0 Å². The van der Waals surface area contributed by atoms with Gasteiger partial charge < -0.3 is 45.9 Å². The van der Waals surface area contributed by atoms with Crippen LogP contribution >= 0.6 is 27.5 Å². The van der Waals surface area contributed by atoms with E-state index in [1.165, 1.54) is 7.11 Å². The molecule has 2 heterocycles. The zero-order valence-electron chi connectivity index (χ0n) is 28.6. The molecule has 0 aliphatic heterocycles. The number of aliphatic hydroxyl groups excluding tert-OH is 2. The second-order valence-electron chi connectivity index (χ2n) is 12.4. The van der Waals surface area contributed by atoms with Crippen LogP contribution in [0.4, 0.5) is 5.82 Å². The number of fused-ring (bicyclic) bond motifs is 1. The van der Waals surface area contributed by atoms with Crippen molar-refractivity contribution in [3.05, 3.63) is 98.1 Å². The highest BCUT2D eigenvalue weighted by atomic mass is 79.9. The fourth-order valence-electron chi connectivity index (χ4n) is 6.01. The first-order valence-corrected chi connectivity index (χ1v) is 17.9. The number of amides is 1. The Bertz CT molecular complexity index is 1950. The molecular formula is C37H39BrClN5O9. The number of benzene rings is 2. The van der Waals surface area contributed by atoms with Crippen LogP contribution in [0, 0.1) is 0 Å². The number of pyridine rings is 2. The van der Waals surface area contributed by atoms with Crippen molar-refractivity contribution in [1.29, 1.82) is 0 Å². The van der Waals surface area contributed by atoms with Crippen LogP contribution in [0.1, 0.15) is 58.0 Å². The summed E-state index contributed by atoms with van der Waals surface area (Å²) in [6.45, 7) is 0.839. The average Bonchev–Trinajstić information content (AvgIpc) is 3.52. The molecule has 0 saturated carbocycles. The molecular weight excluding hydrogens is 774 g/mol. The van der Waals surface area contributed by atoms with Crippen LogP contribution in [0.25, 0.3) is 11.1 Å². The highest BCUT2D eigenvalue weighted by Gasteiger charge is 2.29. The van der Waals surface area contributed by atoms with Gasteiger partial charge in [-0.15, -0.1) is 0 Å². The van der Waals surface area contributed by atoms with Crippen molar-refractivity contribution in [2.45, 2.75) is 57.1 Å². The lowest BCUT2D eigenvalue weighted by atomic mass is 9.95. The monoisotopic (exact) mass is 811 g/mol. The van der Waals surface area contributed by atoms with Gasteiger partial charge in [-0.1, -0.05) is 48.0 Å². The van der Waals surface area contributed by atoms with Crippen LogP contribution in [0.2, 0.25) is 5.02 Å². The fourth-order valence-corrected chi connectivity index (χ4v) is 6.78. The van der Waals surface area contributed by atoms with E-state index in [1.807, 2.05) is 24.3 Å². The van der Waals surface area contributed by atoms with Crippen LogP contribution in [0.3, 0.4) is 0 Å². The van der Waals surface area contributed by atoms with Gasteiger partial charge in [-0.05, 0) is 69.2 Å². The summed E-state index contributed by atoms with van der Waals surface area (Å²) < 4.78 is 12.5. The Kier molecular flexibility index (Phi) is 13.7. The maximum atomic E-state index is 13.4. The first-order chi connectivity index (χ1) is 25.4. The lowest BCUT2D eigenvalue weighted by Crippen LogP contribution is -2.28. The standard InChI is InChI=1S/C37H39BrClN5O9/c1-52-36-21(17-41-19-23(46)14-33(49)50)12-29(38)37(44-36)53-30-10-9-25-24(4-2-5-26(25)30)27-6-3-7-28(34(27)39)35(51)43-31-11-8-20(16-42-31)15-40-18-22(45)13-32(47)48/h2-8,11-12,16,22-23,30,40-41,45-46H,9-10,13-15,17-19H2,1H3,(H,47,48)(H,49,50)(H,42,43,51)/t22?,23?,30-/m0/s1. The number of carbonyl (C=O) groups is 3. The predicted octanol–water partition coefficient (Wildman–Crippen LogP) is 4.74. The van der Waals surface area contributed by atoms with Gasteiger partial charge in [0.25, 0.3) is 5.91 Å². The molecule has 5 rings (SSSR count). The highest BCUT2D eigenvalue weighted by Crippen LogP contribution is 2.43. The Hall–Kier alpha value is -4.64. The quantitative estimate of drug-likeness (QED) is 0.0725. The summed E-state index contributed by atoms with van der Waals surface area (Å²) in [5, 5.41) is 46.3. The van der Waals surface area contributed by atoms with E-state index in [1.54, 1.807) is 36.5 Å². The Morgan fingerprint density at radius 1 is 0.943 bits per heavy atom. The summed E-state index contributed by atoms with van der Waals surface area (Å²) in [6, 6.07) is 16.4. The molecule has 2 unspecified atom stereocenters. The number of hydrogen-bond acceptors (Lipinski definition) is 11. The number of methoxy groups -OCH3 is 1. The number of rotatable bonds is 18. The van der Waals surface area contributed by atoms with Gasteiger partial charge in [0, 0.05) is 43.5 Å². The van der Waals surface area contributed by atoms with Gasteiger partial charge in [0.05, 0.1) is 47.2 Å². The van der Waals surface area contributed by atoms with Crippen molar-refractivity contribution in [3.63, 3.8) is 0 Å². The summed E-state index contributed by atoms with van der Waals surface area (Å²) in [7, 11) is 1.49. The molecule has 1 aliphatic rings. The molecule has 0 fully saturated rings. The third-order valence-electron chi connectivity index (χ3n) is 8.47. The summed E-state index contributed by atoms with van der Waals surface area (Å²) in [5.74, 6) is -1.60. The number of aliphatic hydroxyl groups is 2. The van der Waals surface area contributed by atoms with Crippen molar-refractivity contribution in [2.24, 2.45) is 0 Å². The zero-order chi connectivity index (χ0) is 38.1.